The van der Waals surface area contributed by atoms with E-state index in [1.165, 1.54) is 12.3 Å². The van der Waals surface area contributed by atoms with Crippen LogP contribution in [0.25, 0.3) is 0 Å². The van der Waals surface area contributed by atoms with E-state index in [0.717, 1.165) is 64.1 Å². The van der Waals surface area contributed by atoms with Gasteiger partial charge in [0.05, 0.1) is 12.7 Å². The molecule has 1 saturated heterocycles. The molecular formula is C20H29FN4O. The first-order valence-corrected chi connectivity index (χ1v) is 9.63. The zero-order valence-corrected chi connectivity index (χ0v) is 15.6. The normalized spacial score (nSPS) is 23.2. The van der Waals surface area contributed by atoms with Gasteiger partial charge in [0.15, 0.2) is 0 Å². The second-order valence-corrected chi connectivity index (χ2v) is 7.24. The molecule has 0 N–H and O–H groups in total. The summed E-state index contributed by atoms with van der Waals surface area (Å²) < 4.78 is 13.0. The lowest BCUT2D eigenvalue weighted by atomic mass is 10.00. The van der Waals surface area contributed by atoms with E-state index in [9.17, 15) is 9.18 Å². The summed E-state index contributed by atoms with van der Waals surface area (Å²) in [6.07, 6.45) is 11.2. The van der Waals surface area contributed by atoms with Crippen molar-refractivity contribution in [2.24, 2.45) is 0 Å². The topological polar surface area (TPSA) is 39.7 Å². The molecule has 0 saturated carbocycles. The van der Waals surface area contributed by atoms with E-state index in [0.29, 0.717) is 12.6 Å². The van der Waals surface area contributed by atoms with Crippen molar-refractivity contribution in [3.8, 4) is 0 Å². The predicted octanol–water partition coefficient (Wildman–Crippen LogP) is 2.69. The van der Waals surface area contributed by atoms with Crippen LogP contribution in [0.1, 0.15) is 32.1 Å². The lowest BCUT2D eigenvalue weighted by Gasteiger charge is -2.36. The van der Waals surface area contributed by atoms with Gasteiger partial charge in [0.2, 0.25) is 5.91 Å². The Morgan fingerprint density at radius 3 is 2.69 bits per heavy atom. The van der Waals surface area contributed by atoms with E-state index < -0.39 is 0 Å². The fourth-order valence-corrected chi connectivity index (χ4v) is 3.72. The molecule has 0 spiro atoms. The molecule has 0 aromatic carbocycles. The highest BCUT2D eigenvalue weighted by molar-refractivity contribution is 5.78. The highest BCUT2D eigenvalue weighted by atomic mass is 19.1. The Labute approximate surface area is 155 Å². The van der Waals surface area contributed by atoms with Crippen molar-refractivity contribution in [2.75, 3.05) is 44.7 Å². The minimum atomic E-state index is -0.314. The Kier molecular flexibility index (Phi) is 6.61. The summed E-state index contributed by atoms with van der Waals surface area (Å²) in [7, 11) is 1.96. The van der Waals surface area contributed by atoms with Crippen LogP contribution >= 0.6 is 0 Å². The average Bonchev–Trinajstić information content (AvgIpc) is 2.62. The lowest BCUT2D eigenvalue weighted by molar-refractivity contribution is -0.133. The molecule has 1 aromatic heterocycles. The van der Waals surface area contributed by atoms with Gasteiger partial charge in [0.1, 0.15) is 11.6 Å². The van der Waals surface area contributed by atoms with E-state index in [4.69, 9.17) is 0 Å². The van der Waals surface area contributed by atoms with Gasteiger partial charge in [-0.25, -0.2) is 9.37 Å². The third-order valence-corrected chi connectivity index (χ3v) is 5.45. The van der Waals surface area contributed by atoms with Crippen molar-refractivity contribution in [1.29, 1.82) is 0 Å². The van der Waals surface area contributed by atoms with E-state index in [-0.39, 0.29) is 11.7 Å². The summed E-state index contributed by atoms with van der Waals surface area (Å²) in [6.45, 7) is 3.75. The van der Waals surface area contributed by atoms with Crippen LogP contribution in [0, 0.1) is 5.82 Å². The first kappa shape index (κ1) is 18.8. The molecule has 6 heteroatoms. The molecule has 2 aliphatic rings. The standard InChI is InChI=1S/C20H29FN4O/c1-23(18-7-5-3-2-4-6-8-18)20(26)16-24-11-13-25(14-12-24)19-10-9-17(21)15-22-19/h2-3,9-10,15,18H,4-8,11-14,16H2,1H3/b3-2-. The van der Waals surface area contributed by atoms with Crippen LogP contribution in [0.3, 0.4) is 0 Å². The molecule has 26 heavy (non-hydrogen) atoms. The monoisotopic (exact) mass is 360 g/mol. The molecule has 2 heterocycles. The molecular weight excluding hydrogens is 331 g/mol. The molecule has 1 amide bonds. The summed E-state index contributed by atoms with van der Waals surface area (Å²) in [6, 6.07) is 3.52. The van der Waals surface area contributed by atoms with Crippen LogP contribution in [-0.2, 0) is 4.79 Å². The number of aromatic nitrogens is 1. The molecule has 1 unspecified atom stereocenters. The number of carbonyl (C=O) groups is 1. The maximum absolute atomic E-state index is 13.0. The number of nitrogens with zero attached hydrogens (tertiary/aromatic N) is 4. The van der Waals surface area contributed by atoms with Crippen LogP contribution in [0.5, 0.6) is 0 Å². The number of carbonyl (C=O) groups excluding carboxylic acids is 1. The fraction of sp³-hybridized carbons (Fsp3) is 0.600. The summed E-state index contributed by atoms with van der Waals surface area (Å²) >= 11 is 0. The number of hydrogen-bond donors (Lipinski definition) is 0. The minimum Gasteiger partial charge on any atom is -0.354 e. The van der Waals surface area contributed by atoms with Crippen molar-refractivity contribution in [2.45, 2.75) is 38.1 Å². The third-order valence-electron chi connectivity index (χ3n) is 5.45. The molecule has 5 nitrogen and oxygen atoms in total. The highest BCUT2D eigenvalue weighted by Gasteiger charge is 2.24. The smallest absolute Gasteiger partial charge is 0.236 e. The Balaban J connectivity index is 1.46. The molecule has 3 rings (SSSR count). The summed E-state index contributed by atoms with van der Waals surface area (Å²) in [4.78, 5) is 23.2. The van der Waals surface area contributed by atoms with Gasteiger partial charge in [0, 0.05) is 39.3 Å². The van der Waals surface area contributed by atoms with E-state index in [1.807, 2.05) is 11.9 Å². The largest absolute Gasteiger partial charge is 0.354 e. The van der Waals surface area contributed by atoms with Crippen molar-refractivity contribution in [3.05, 3.63) is 36.3 Å². The molecule has 1 atom stereocenters. The highest BCUT2D eigenvalue weighted by Crippen LogP contribution is 2.18. The van der Waals surface area contributed by atoms with Crippen molar-refractivity contribution in [3.63, 3.8) is 0 Å². The summed E-state index contributed by atoms with van der Waals surface area (Å²) in [5.41, 5.74) is 0. The van der Waals surface area contributed by atoms with Gasteiger partial charge < -0.3 is 9.80 Å². The average molecular weight is 360 g/mol. The SMILES string of the molecule is CN(C(=O)CN1CCN(c2ccc(F)cn2)CC1)C1CC/C=C\CCC1. The van der Waals surface area contributed by atoms with E-state index in [2.05, 4.69) is 26.9 Å². The number of halogens is 1. The molecule has 1 fully saturated rings. The van der Waals surface area contributed by atoms with E-state index >= 15 is 0 Å². The molecule has 0 bridgehead atoms. The number of anilines is 1. The maximum Gasteiger partial charge on any atom is 0.236 e. The van der Waals surface area contributed by atoms with Crippen LogP contribution in [0.15, 0.2) is 30.5 Å². The third kappa shape index (κ3) is 5.04. The Bertz CT molecular complexity index is 611. The second-order valence-electron chi connectivity index (χ2n) is 7.24. The van der Waals surface area contributed by atoms with Crippen LogP contribution in [0.4, 0.5) is 10.2 Å². The molecule has 1 aliphatic heterocycles. The summed E-state index contributed by atoms with van der Waals surface area (Å²) in [5, 5.41) is 0. The fourth-order valence-electron chi connectivity index (χ4n) is 3.72. The Morgan fingerprint density at radius 1 is 1.19 bits per heavy atom. The van der Waals surface area contributed by atoms with Gasteiger partial charge in [-0.15, -0.1) is 0 Å². The van der Waals surface area contributed by atoms with Crippen LogP contribution in [0.2, 0.25) is 0 Å². The number of rotatable bonds is 4. The quantitative estimate of drug-likeness (QED) is 0.774. The molecule has 142 valence electrons. The maximum atomic E-state index is 13.0. The van der Waals surface area contributed by atoms with Gasteiger partial charge in [0.25, 0.3) is 0 Å². The summed E-state index contributed by atoms with van der Waals surface area (Å²) in [5.74, 6) is 0.704. The lowest BCUT2D eigenvalue weighted by Crippen LogP contribution is -2.51. The number of piperazine rings is 1. The van der Waals surface area contributed by atoms with Crippen molar-refractivity contribution in [1.82, 2.24) is 14.8 Å². The number of hydrogen-bond acceptors (Lipinski definition) is 4. The Hall–Kier alpha value is -1.95. The van der Waals surface area contributed by atoms with Gasteiger partial charge in [-0.3, -0.25) is 9.69 Å². The second kappa shape index (κ2) is 9.12. The zero-order valence-electron chi connectivity index (χ0n) is 15.6. The number of amides is 1. The predicted molar refractivity (Wildman–Crippen MR) is 102 cm³/mol. The number of allylic oxidation sites excluding steroid dienone is 2. The minimum absolute atomic E-state index is 0.216. The van der Waals surface area contributed by atoms with Crippen LogP contribution < -0.4 is 4.90 Å². The van der Waals surface area contributed by atoms with Gasteiger partial charge in [-0.05, 0) is 44.2 Å². The van der Waals surface area contributed by atoms with Crippen molar-refractivity contribution >= 4 is 11.7 Å². The Morgan fingerprint density at radius 2 is 1.96 bits per heavy atom. The van der Waals surface area contributed by atoms with Crippen LogP contribution in [-0.4, -0.2) is 66.5 Å². The number of likely N-dealkylation sites (N-methyl/N-ethyl adjacent to an activating group) is 1. The molecule has 1 aromatic rings. The van der Waals surface area contributed by atoms with Gasteiger partial charge in [-0.2, -0.15) is 0 Å². The number of pyridine rings is 1. The molecule has 0 radical (unpaired) electrons. The van der Waals surface area contributed by atoms with Crippen molar-refractivity contribution < 1.29 is 9.18 Å². The van der Waals surface area contributed by atoms with E-state index in [1.54, 1.807) is 6.07 Å². The first-order valence-electron chi connectivity index (χ1n) is 9.63. The first-order chi connectivity index (χ1) is 12.6. The van der Waals surface area contributed by atoms with Gasteiger partial charge >= 0.3 is 0 Å². The molecule has 1 aliphatic carbocycles. The zero-order chi connectivity index (χ0) is 18.4. The van der Waals surface area contributed by atoms with Gasteiger partial charge in [-0.1, -0.05) is 12.2 Å².